The van der Waals surface area contributed by atoms with E-state index in [1.807, 2.05) is 25.1 Å². The van der Waals surface area contributed by atoms with E-state index in [9.17, 15) is 4.79 Å². The molecule has 0 aromatic heterocycles. The lowest BCUT2D eigenvalue weighted by atomic mass is 10.1. The van der Waals surface area contributed by atoms with Crippen LogP contribution in [0.3, 0.4) is 0 Å². The van der Waals surface area contributed by atoms with Gasteiger partial charge in [0.15, 0.2) is 11.5 Å². The third-order valence-corrected chi connectivity index (χ3v) is 3.88. The Hall–Kier alpha value is -1.91. The molecule has 2 amide bonds. The molecule has 2 N–H and O–H groups in total. The van der Waals surface area contributed by atoms with Crippen molar-refractivity contribution in [1.82, 2.24) is 10.6 Å². The van der Waals surface area contributed by atoms with E-state index in [1.165, 1.54) is 12.8 Å². The number of ether oxygens (including phenoxy) is 2. The van der Waals surface area contributed by atoms with Crippen LogP contribution in [0.15, 0.2) is 18.2 Å². The molecule has 0 saturated heterocycles. The molecule has 0 fully saturated rings. The van der Waals surface area contributed by atoms with E-state index in [2.05, 4.69) is 17.6 Å². The van der Waals surface area contributed by atoms with E-state index >= 15 is 0 Å². The van der Waals surface area contributed by atoms with E-state index < -0.39 is 0 Å². The van der Waals surface area contributed by atoms with Gasteiger partial charge in [-0.3, -0.25) is 0 Å². The van der Waals surface area contributed by atoms with Gasteiger partial charge in [-0.05, 0) is 31.0 Å². The molecule has 1 aromatic carbocycles. The number of amides is 2. The van der Waals surface area contributed by atoms with Crippen LogP contribution in [0.25, 0.3) is 0 Å². The Kier molecular flexibility index (Phi) is 7.04. The number of nitrogens with one attached hydrogen (secondary N) is 2. The van der Waals surface area contributed by atoms with Gasteiger partial charge in [-0.25, -0.2) is 4.79 Å². The lowest BCUT2D eigenvalue weighted by Crippen LogP contribution is -2.40. The summed E-state index contributed by atoms with van der Waals surface area (Å²) in [6, 6.07) is 5.87. The van der Waals surface area contributed by atoms with Crippen molar-refractivity contribution >= 4 is 6.03 Å². The maximum Gasteiger partial charge on any atom is 0.315 e. The lowest BCUT2D eigenvalue weighted by Gasteiger charge is -2.15. The molecule has 5 heteroatoms. The Labute approximate surface area is 138 Å². The SMILES string of the molecule is CCCCCC(C)NC(=O)NCc1ccc2c(c1)OCCCO2. The van der Waals surface area contributed by atoms with Crippen molar-refractivity contribution in [2.24, 2.45) is 0 Å². The Morgan fingerprint density at radius 2 is 2.00 bits per heavy atom. The van der Waals surface area contributed by atoms with Gasteiger partial charge in [-0.15, -0.1) is 0 Å². The molecule has 1 aromatic rings. The second-order valence-electron chi connectivity index (χ2n) is 6.06. The molecule has 0 aliphatic carbocycles. The minimum atomic E-state index is -0.124. The van der Waals surface area contributed by atoms with E-state index in [1.54, 1.807) is 0 Å². The van der Waals surface area contributed by atoms with Crippen molar-refractivity contribution in [3.05, 3.63) is 23.8 Å². The number of carbonyl (C=O) groups is 1. The zero-order chi connectivity index (χ0) is 16.5. The highest BCUT2D eigenvalue weighted by Gasteiger charge is 2.11. The fourth-order valence-electron chi connectivity index (χ4n) is 2.55. The number of carbonyl (C=O) groups excluding carboxylic acids is 1. The molecule has 0 spiro atoms. The lowest BCUT2D eigenvalue weighted by molar-refractivity contribution is 0.236. The number of rotatable bonds is 7. The van der Waals surface area contributed by atoms with Crippen LogP contribution < -0.4 is 20.1 Å². The summed E-state index contributed by atoms with van der Waals surface area (Å²) >= 11 is 0. The number of unbranched alkanes of at least 4 members (excludes halogenated alkanes) is 2. The number of hydrogen-bond donors (Lipinski definition) is 2. The van der Waals surface area contributed by atoms with Crippen LogP contribution in [0.1, 0.15) is 51.5 Å². The molecule has 5 nitrogen and oxygen atoms in total. The third-order valence-electron chi connectivity index (χ3n) is 3.88. The summed E-state index contributed by atoms with van der Waals surface area (Å²) in [4.78, 5) is 11.9. The van der Waals surface area contributed by atoms with Crippen molar-refractivity contribution in [3.63, 3.8) is 0 Å². The summed E-state index contributed by atoms with van der Waals surface area (Å²) in [5, 5.41) is 5.87. The van der Waals surface area contributed by atoms with Crippen LogP contribution >= 0.6 is 0 Å². The number of fused-ring (bicyclic) bond motifs is 1. The van der Waals surface area contributed by atoms with Gasteiger partial charge >= 0.3 is 6.03 Å². The molecular weight excluding hydrogens is 292 g/mol. The standard InChI is InChI=1S/C18H28N2O3/c1-3-4-5-7-14(2)20-18(21)19-13-15-8-9-16-17(12-15)23-11-6-10-22-16/h8-9,12,14H,3-7,10-11,13H2,1-2H3,(H2,19,20,21). The van der Waals surface area contributed by atoms with Gasteiger partial charge in [0, 0.05) is 19.0 Å². The van der Waals surface area contributed by atoms with Crippen LogP contribution in [0.5, 0.6) is 11.5 Å². The molecule has 1 atom stereocenters. The minimum absolute atomic E-state index is 0.124. The Morgan fingerprint density at radius 3 is 2.78 bits per heavy atom. The van der Waals surface area contributed by atoms with E-state index in [-0.39, 0.29) is 12.1 Å². The van der Waals surface area contributed by atoms with Crippen LogP contribution in [0.2, 0.25) is 0 Å². The number of benzene rings is 1. The number of urea groups is 1. The van der Waals surface area contributed by atoms with Crippen molar-refractivity contribution < 1.29 is 14.3 Å². The first kappa shape index (κ1) is 17.4. The smallest absolute Gasteiger partial charge is 0.315 e. The Morgan fingerprint density at radius 1 is 1.22 bits per heavy atom. The highest BCUT2D eigenvalue weighted by Crippen LogP contribution is 2.30. The van der Waals surface area contributed by atoms with E-state index in [4.69, 9.17) is 9.47 Å². The van der Waals surface area contributed by atoms with Crippen molar-refractivity contribution in [3.8, 4) is 11.5 Å². The molecule has 23 heavy (non-hydrogen) atoms. The van der Waals surface area contributed by atoms with Gasteiger partial charge in [0.1, 0.15) is 0 Å². The topological polar surface area (TPSA) is 59.6 Å². The largest absolute Gasteiger partial charge is 0.490 e. The summed E-state index contributed by atoms with van der Waals surface area (Å²) in [5.74, 6) is 1.54. The summed E-state index contributed by atoms with van der Waals surface area (Å²) in [5.41, 5.74) is 1.00. The molecule has 1 aliphatic rings. The van der Waals surface area contributed by atoms with Crippen molar-refractivity contribution in [2.45, 2.75) is 58.5 Å². The molecule has 0 bridgehead atoms. The van der Waals surface area contributed by atoms with Crippen LogP contribution in [0, 0.1) is 0 Å². The molecule has 2 rings (SSSR count). The Balaban J connectivity index is 1.77. The Bertz CT molecular complexity index is 505. The molecule has 0 radical (unpaired) electrons. The van der Waals surface area contributed by atoms with E-state index in [0.29, 0.717) is 19.8 Å². The maximum absolute atomic E-state index is 11.9. The molecule has 1 unspecified atom stereocenters. The first-order valence-electron chi connectivity index (χ1n) is 8.62. The number of hydrogen-bond acceptors (Lipinski definition) is 3. The molecule has 1 heterocycles. The first-order chi connectivity index (χ1) is 11.2. The van der Waals surface area contributed by atoms with Crippen LogP contribution in [0.4, 0.5) is 4.79 Å². The van der Waals surface area contributed by atoms with Crippen LogP contribution in [-0.4, -0.2) is 25.3 Å². The van der Waals surface area contributed by atoms with Gasteiger partial charge in [0.05, 0.1) is 13.2 Å². The summed E-state index contributed by atoms with van der Waals surface area (Å²) < 4.78 is 11.3. The predicted molar refractivity (Wildman–Crippen MR) is 91.0 cm³/mol. The molecule has 0 saturated carbocycles. The van der Waals surface area contributed by atoms with Gasteiger partial charge in [0.2, 0.25) is 0 Å². The van der Waals surface area contributed by atoms with Crippen molar-refractivity contribution in [2.75, 3.05) is 13.2 Å². The summed E-state index contributed by atoms with van der Waals surface area (Å²) in [7, 11) is 0. The first-order valence-corrected chi connectivity index (χ1v) is 8.62. The second kappa shape index (κ2) is 9.28. The zero-order valence-corrected chi connectivity index (χ0v) is 14.2. The van der Waals surface area contributed by atoms with Gasteiger partial charge in [-0.1, -0.05) is 32.3 Å². The summed E-state index contributed by atoms with van der Waals surface area (Å²) in [6.45, 7) is 6.05. The maximum atomic E-state index is 11.9. The summed E-state index contributed by atoms with van der Waals surface area (Å²) in [6.07, 6.45) is 5.47. The van der Waals surface area contributed by atoms with Crippen molar-refractivity contribution in [1.29, 1.82) is 0 Å². The molecule has 1 aliphatic heterocycles. The quantitative estimate of drug-likeness (QED) is 0.754. The zero-order valence-electron chi connectivity index (χ0n) is 14.2. The average molecular weight is 320 g/mol. The highest BCUT2D eigenvalue weighted by atomic mass is 16.5. The third kappa shape index (κ3) is 6.00. The van der Waals surface area contributed by atoms with Gasteiger partial charge < -0.3 is 20.1 Å². The average Bonchev–Trinajstić information content (AvgIpc) is 2.78. The fourth-order valence-corrected chi connectivity index (χ4v) is 2.55. The van der Waals surface area contributed by atoms with Gasteiger partial charge in [-0.2, -0.15) is 0 Å². The molecular formula is C18H28N2O3. The second-order valence-corrected chi connectivity index (χ2v) is 6.06. The van der Waals surface area contributed by atoms with Gasteiger partial charge in [0.25, 0.3) is 0 Å². The normalized spacial score (nSPS) is 14.7. The monoisotopic (exact) mass is 320 g/mol. The minimum Gasteiger partial charge on any atom is -0.490 e. The van der Waals surface area contributed by atoms with E-state index in [0.717, 1.165) is 36.3 Å². The predicted octanol–water partition coefficient (Wildman–Crippen LogP) is 3.62. The molecule has 128 valence electrons. The van der Waals surface area contributed by atoms with Crippen LogP contribution in [-0.2, 0) is 6.54 Å². The fraction of sp³-hybridized carbons (Fsp3) is 0.611. The highest BCUT2D eigenvalue weighted by molar-refractivity contribution is 5.74.